The Morgan fingerprint density at radius 2 is 0.870 bits per heavy atom. The van der Waals surface area contributed by atoms with Crippen LogP contribution in [0.5, 0.6) is 0 Å². The number of hydrogen-bond donors (Lipinski definition) is 0. The van der Waals surface area contributed by atoms with Crippen molar-refractivity contribution in [2.75, 3.05) is 0 Å². The quantitative estimate of drug-likeness (QED) is 0.181. The van der Waals surface area contributed by atoms with Gasteiger partial charge in [-0.25, -0.2) is 0 Å². The van der Waals surface area contributed by atoms with E-state index < -0.39 is 0 Å². The molecule has 4 heteroatoms. The summed E-state index contributed by atoms with van der Waals surface area (Å²) in [6, 6.07) is 67.9. The summed E-state index contributed by atoms with van der Waals surface area (Å²) in [6.45, 7) is 0. The van der Waals surface area contributed by atoms with E-state index in [1.807, 2.05) is 30.3 Å². The summed E-state index contributed by atoms with van der Waals surface area (Å²) < 4.78 is 4.61. The van der Waals surface area contributed by atoms with E-state index in [4.69, 9.17) is 0 Å². The molecule has 0 amide bonds. The SMILES string of the molecule is N#Cc1cccc(C#N)c1-c1cc(-n2c3ccc(-c4ccccc4)cc3c3cc(-c4ccccc4)ccc32)cc2c3ccccc3n(-c3ccccc3)c12. The lowest BCUT2D eigenvalue weighted by molar-refractivity contribution is 1.17. The molecule has 0 bridgehead atoms. The standard InChI is InChI=1S/C50H30N4/c51-31-37-17-12-18-38(32-52)49(37)45-30-40(29-44-41-21-10-11-22-46(41)54(50(44)45)39-19-8-3-9-20-39)53-47-25-23-35(33-13-4-1-5-14-33)27-42(47)43-28-36(24-26-48(43)53)34-15-6-2-7-16-34/h1-30H. The lowest BCUT2D eigenvalue weighted by Gasteiger charge is -2.17. The summed E-state index contributed by atoms with van der Waals surface area (Å²) in [5.74, 6) is 0. The Labute approximate surface area is 312 Å². The van der Waals surface area contributed by atoms with Crippen LogP contribution in [0.1, 0.15) is 11.1 Å². The highest BCUT2D eigenvalue weighted by Crippen LogP contribution is 2.44. The second-order valence-electron chi connectivity index (χ2n) is 13.6. The van der Waals surface area contributed by atoms with Crippen molar-refractivity contribution in [2.45, 2.75) is 0 Å². The zero-order valence-electron chi connectivity index (χ0n) is 29.1. The van der Waals surface area contributed by atoms with E-state index in [9.17, 15) is 10.5 Å². The van der Waals surface area contributed by atoms with Gasteiger partial charge in [-0.05, 0) is 89.0 Å². The van der Waals surface area contributed by atoms with Crippen LogP contribution < -0.4 is 0 Å². The zero-order valence-corrected chi connectivity index (χ0v) is 29.1. The molecule has 0 aliphatic heterocycles. The Morgan fingerprint density at radius 1 is 0.352 bits per heavy atom. The lowest BCUT2D eigenvalue weighted by Crippen LogP contribution is -2.00. The highest BCUT2D eigenvalue weighted by molar-refractivity contribution is 6.17. The number of nitrogens with zero attached hydrogens (tertiary/aromatic N) is 4. The Hall–Kier alpha value is -7.66. The van der Waals surface area contributed by atoms with Crippen molar-refractivity contribution in [2.24, 2.45) is 0 Å². The van der Waals surface area contributed by atoms with Crippen LogP contribution in [0.4, 0.5) is 0 Å². The molecule has 8 aromatic carbocycles. The van der Waals surface area contributed by atoms with Crippen molar-refractivity contribution in [3.05, 3.63) is 193 Å². The molecule has 0 aliphatic rings. The van der Waals surface area contributed by atoms with Crippen LogP contribution in [0.15, 0.2) is 182 Å². The van der Waals surface area contributed by atoms with E-state index in [0.717, 1.165) is 82.8 Å². The van der Waals surface area contributed by atoms with Crippen LogP contribution in [0.25, 0.3) is 88.4 Å². The molecule has 0 saturated carbocycles. The second kappa shape index (κ2) is 12.5. The molecular formula is C50H30N4. The number of rotatable bonds is 5. The monoisotopic (exact) mass is 686 g/mol. The number of para-hydroxylation sites is 2. The summed E-state index contributed by atoms with van der Waals surface area (Å²) >= 11 is 0. The third-order valence-electron chi connectivity index (χ3n) is 10.6. The highest BCUT2D eigenvalue weighted by Gasteiger charge is 2.23. The fourth-order valence-electron chi connectivity index (χ4n) is 8.20. The fraction of sp³-hybridized carbons (Fsp3) is 0. The summed E-state index contributed by atoms with van der Waals surface area (Å²) in [7, 11) is 0. The molecule has 0 saturated heterocycles. The summed E-state index contributed by atoms with van der Waals surface area (Å²) in [6.07, 6.45) is 0. The minimum atomic E-state index is 0.458. The van der Waals surface area contributed by atoms with Crippen LogP contribution in [0, 0.1) is 22.7 Å². The first-order valence-corrected chi connectivity index (χ1v) is 18.0. The first-order chi connectivity index (χ1) is 26.7. The molecule has 54 heavy (non-hydrogen) atoms. The minimum absolute atomic E-state index is 0.458. The molecule has 2 heterocycles. The predicted octanol–water partition coefficient (Wildman–Crippen LogP) is 12.6. The number of fused-ring (bicyclic) bond motifs is 6. The highest BCUT2D eigenvalue weighted by atomic mass is 15.0. The molecule has 10 aromatic rings. The van der Waals surface area contributed by atoms with E-state index in [2.05, 4.69) is 155 Å². The van der Waals surface area contributed by atoms with Gasteiger partial charge in [-0.2, -0.15) is 10.5 Å². The predicted molar refractivity (Wildman–Crippen MR) is 221 cm³/mol. The molecule has 4 nitrogen and oxygen atoms in total. The summed E-state index contributed by atoms with van der Waals surface area (Å²) in [5, 5.41) is 25.4. The van der Waals surface area contributed by atoms with Gasteiger partial charge in [0.2, 0.25) is 0 Å². The topological polar surface area (TPSA) is 57.4 Å². The Balaban J connectivity index is 1.36. The first-order valence-electron chi connectivity index (χ1n) is 18.0. The largest absolute Gasteiger partial charge is 0.309 e. The molecule has 0 fully saturated rings. The third kappa shape index (κ3) is 4.83. The molecule has 0 radical (unpaired) electrons. The number of nitriles is 2. The normalized spacial score (nSPS) is 11.3. The van der Waals surface area contributed by atoms with Gasteiger partial charge >= 0.3 is 0 Å². The van der Waals surface area contributed by atoms with Crippen molar-refractivity contribution >= 4 is 43.6 Å². The van der Waals surface area contributed by atoms with E-state index in [1.54, 1.807) is 18.2 Å². The van der Waals surface area contributed by atoms with Crippen molar-refractivity contribution in [3.63, 3.8) is 0 Å². The molecule has 0 atom stereocenters. The van der Waals surface area contributed by atoms with E-state index in [1.165, 1.54) is 0 Å². The number of benzene rings is 8. The van der Waals surface area contributed by atoms with Gasteiger partial charge < -0.3 is 9.13 Å². The zero-order chi connectivity index (χ0) is 36.2. The van der Waals surface area contributed by atoms with Gasteiger partial charge in [0.25, 0.3) is 0 Å². The van der Waals surface area contributed by atoms with E-state index >= 15 is 0 Å². The first kappa shape index (κ1) is 31.1. The average Bonchev–Trinajstić information content (AvgIpc) is 3.76. The number of aromatic nitrogens is 2. The molecule has 0 N–H and O–H groups in total. The van der Waals surface area contributed by atoms with Gasteiger partial charge in [0.15, 0.2) is 0 Å². The molecule has 2 aromatic heterocycles. The molecule has 0 spiro atoms. The van der Waals surface area contributed by atoms with Crippen molar-refractivity contribution in [3.8, 4) is 56.9 Å². The molecule has 0 unspecified atom stereocenters. The number of hydrogen-bond acceptors (Lipinski definition) is 2. The maximum Gasteiger partial charge on any atom is 0.0998 e. The molecular weight excluding hydrogens is 657 g/mol. The van der Waals surface area contributed by atoms with Crippen molar-refractivity contribution in [1.29, 1.82) is 10.5 Å². The molecule has 250 valence electrons. The molecule has 10 rings (SSSR count). The van der Waals surface area contributed by atoms with Crippen LogP contribution in [0.3, 0.4) is 0 Å². The Bertz CT molecular complexity index is 3030. The molecule has 0 aliphatic carbocycles. The second-order valence-corrected chi connectivity index (χ2v) is 13.6. The third-order valence-corrected chi connectivity index (χ3v) is 10.6. The maximum atomic E-state index is 10.5. The summed E-state index contributed by atoms with van der Waals surface area (Å²) in [5.41, 5.74) is 13.1. The minimum Gasteiger partial charge on any atom is -0.309 e. The van der Waals surface area contributed by atoms with Gasteiger partial charge in [-0.1, -0.05) is 115 Å². The van der Waals surface area contributed by atoms with Crippen LogP contribution in [-0.4, -0.2) is 9.13 Å². The van der Waals surface area contributed by atoms with Crippen molar-refractivity contribution in [1.82, 2.24) is 9.13 Å². The van der Waals surface area contributed by atoms with Gasteiger partial charge in [0.1, 0.15) is 0 Å². The van der Waals surface area contributed by atoms with E-state index in [-0.39, 0.29) is 0 Å². The van der Waals surface area contributed by atoms with Crippen LogP contribution in [-0.2, 0) is 0 Å². The van der Waals surface area contributed by atoms with Gasteiger partial charge in [0, 0.05) is 44.0 Å². The van der Waals surface area contributed by atoms with E-state index in [0.29, 0.717) is 16.7 Å². The fourth-order valence-corrected chi connectivity index (χ4v) is 8.20. The van der Waals surface area contributed by atoms with Gasteiger partial charge in [0.05, 0.1) is 45.3 Å². The van der Waals surface area contributed by atoms with Crippen LogP contribution >= 0.6 is 0 Å². The lowest BCUT2D eigenvalue weighted by atomic mass is 9.93. The van der Waals surface area contributed by atoms with Crippen LogP contribution in [0.2, 0.25) is 0 Å². The average molecular weight is 687 g/mol. The van der Waals surface area contributed by atoms with Gasteiger partial charge in [-0.3, -0.25) is 0 Å². The maximum absolute atomic E-state index is 10.5. The Morgan fingerprint density at radius 3 is 1.44 bits per heavy atom. The smallest absolute Gasteiger partial charge is 0.0998 e. The summed E-state index contributed by atoms with van der Waals surface area (Å²) in [4.78, 5) is 0. The van der Waals surface area contributed by atoms with Crippen molar-refractivity contribution < 1.29 is 0 Å². The van der Waals surface area contributed by atoms with Gasteiger partial charge in [-0.15, -0.1) is 0 Å². The Kier molecular flexibility index (Phi) is 7.22.